The lowest BCUT2D eigenvalue weighted by Crippen LogP contribution is -2.37. The van der Waals surface area contributed by atoms with Crippen LogP contribution in [-0.2, 0) is 20.7 Å². The second-order valence-electron chi connectivity index (χ2n) is 7.30. The third-order valence-electron chi connectivity index (χ3n) is 3.55. The first kappa shape index (κ1) is 22.4. The number of ether oxygens (including phenoxy) is 1. The van der Waals surface area contributed by atoms with Crippen LogP contribution in [0.15, 0.2) is 53.0 Å². The Morgan fingerprint density at radius 1 is 0.897 bits per heavy atom. The highest BCUT2D eigenvalue weighted by atomic mass is 79.9. The molecule has 0 bridgehead atoms. The van der Waals surface area contributed by atoms with E-state index in [4.69, 9.17) is 4.74 Å². The van der Waals surface area contributed by atoms with Crippen molar-refractivity contribution >= 4 is 45.2 Å². The maximum absolute atomic E-state index is 12.2. The summed E-state index contributed by atoms with van der Waals surface area (Å²) in [5.74, 6) is -0.531. The van der Waals surface area contributed by atoms with Gasteiger partial charge in [-0.05, 0) is 56.7 Å². The number of alkyl carbamates (subject to hydrolysis) is 1. The third-order valence-corrected chi connectivity index (χ3v) is 4.33. The van der Waals surface area contributed by atoms with Gasteiger partial charge in [0.2, 0.25) is 11.8 Å². The van der Waals surface area contributed by atoms with Crippen LogP contribution in [0.3, 0.4) is 0 Å². The summed E-state index contributed by atoms with van der Waals surface area (Å²) in [5, 5.41) is 7.86. The fourth-order valence-electron chi connectivity index (χ4n) is 2.33. The summed E-state index contributed by atoms with van der Waals surface area (Å²) < 4.78 is 5.95. The van der Waals surface area contributed by atoms with Gasteiger partial charge in [0, 0.05) is 15.8 Å². The van der Waals surface area contributed by atoms with Gasteiger partial charge in [-0.3, -0.25) is 9.59 Å². The van der Waals surface area contributed by atoms with E-state index in [0.29, 0.717) is 11.4 Å². The lowest BCUT2D eigenvalue weighted by atomic mass is 10.1. The topological polar surface area (TPSA) is 96.5 Å². The van der Waals surface area contributed by atoms with Crippen molar-refractivity contribution < 1.29 is 19.1 Å². The molecule has 0 radical (unpaired) electrons. The molecule has 0 saturated carbocycles. The number of halogens is 1. The van der Waals surface area contributed by atoms with Gasteiger partial charge in [0.1, 0.15) is 12.1 Å². The molecule has 7 nitrogen and oxygen atoms in total. The minimum absolute atomic E-state index is 0.143. The van der Waals surface area contributed by atoms with Crippen molar-refractivity contribution in [3.05, 3.63) is 58.6 Å². The molecular weight excluding hydrogens is 438 g/mol. The monoisotopic (exact) mass is 461 g/mol. The second kappa shape index (κ2) is 10.1. The zero-order chi connectivity index (χ0) is 21.4. The number of carbonyl (C=O) groups is 3. The Balaban J connectivity index is 1.80. The Bertz CT molecular complexity index is 876. The van der Waals surface area contributed by atoms with Gasteiger partial charge in [0.25, 0.3) is 0 Å². The van der Waals surface area contributed by atoms with E-state index in [1.54, 1.807) is 45.0 Å². The van der Waals surface area contributed by atoms with Crippen molar-refractivity contribution in [2.75, 3.05) is 17.2 Å². The van der Waals surface area contributed by atoms with Gasteiger partial charge in [0.05, 0.1) is 6.42 Å². The zero-order valence-corrected chi connectivity index (χ0v) is 18.1. The molecular formula is C21H24BrN3O4. The molecule has 0 aromatic heterocycles. The number of hydrogen-bond donors (Lipinski definition) is 3. The first-order valence-electron chi connectivity index (χ1n) is 9.02. The van der Waals surface area contributed by atoms with Crippen LogP contribution in [0.5, 0.6) is 0 Å². The highest BCUT2D eigenvalue weighted by molar-refractivity contribution is 9.10. The lowest BCUT2D eigenvalue weighted by Gasteiger charge is -2.19. The van der Waals surface area contributed by atoms with Crippen LogP contribution in [0, 0.1) is 0 Å². The number of hydrogen-bond acceptors (Lipinski definition) is 4. The molecule has 0 spiro atoms. The van der Waals surface area contributed by atoms with Crippen LogP contribution >= 0.6 is 15.9 Å². The maximum Gasteiger partial charge on any atom is 0.408 e. The van der Waals surface area contributed by atoms with Gasteiger partial charge < -0.3 is 20.7 Å². The minimum atomic E-state index is -0.657. The summed E-state index contributed by atoms with van der Waals surface area (Å²) >= 11 is 3.42. The quantitative estimate of drug-likeness (QED) is 0.603. The van der Waals surface area contributed by atoms with E-state index < -0.39 is 11.7 Å². The van der Waals surface area contributed by atoms with E-state index >= 15 is 0 Å². The summed E-state index contributed by atoms with van der Waals surface area (Å²) in [6.07, 6.45) is -0.410. The summed E-state index contributed by atoms with van der Waals surface area (Å²) in [4.78, 5) is 35.7. The highest BCUT2D eigenvalue weighted by Gasteiger charge is 2.16. The smallest absolute Gasteiger partial charge is 0.408 e. The molecule has 2 rings (SSSR count). The number of amides is 3. The Kier molecular flexibility index (Phi) is 7.78. The molecule has 0 unspecified atom stereocenters. The number of nitrogens with one attached hydrogen (secondary N) is 3. The predicted octanol–water partition coefficient (Wildman–Crippen LogP) is 4.09. The summed E-state index contributed by atoms with van der Waals surface area (Å²) in [7, 11) is 0. The summed E-state index contributed by atoms with van der Waals surface area (Å²) in [6.45, 7) is 5.02. The normalized spacial score (nSPS) is 10.8. The van der Waals surface area contributed by atoms with E-state index in [-0.39, 0.29) is 24.8 Å². The molecule has 0 heterocycles. The molecule has 29 heavy (non-hydrogen) atoms. The average molecular weight is 462 g/mol. The van der Waals surface area contributed by atoms with Crippen LogP contribution in [0.4, 0.5) is 16.2 Å². The largest absolute Gasteiger partial charge is 0.444 e. The summed E-state index contributed by atoms with van der Waals surface area (Å²) in [6, 6.07) is 14.2. The standard InChI is InChI=1S/C21H24BrN3O4/c1-21(2,3)29-20(28)23-13-19(27)25-16-10-8-15(9-11-16)24-18(26)12-14-6-4-5-7-17(14)22/h4-11H,12-13H2,1-3H3,(H,23,28)(H,24,26)(H,25,27). The lowest BCUT2D eigenvalue weighted by molar-refractivity contribution is -0.116. The Morgan fingerprint density at radius 2 is 1.45 bits per heavy atom. The Hall–Kier alpha value is -2.87. The Labute approximate surface area is 178 Å². The number of carbonyl (C=O) groups excluding carboxylic acids is 3. The van der Waals surface area contributed by atoms with Gasteiger partial charge in [0.15, 0.2) is 0 Å². The van der Waals surface area contributed by atoms with Gasteiger partial charge in [-0.2, -0.15) is 0 Å². The minimum Gasteiger partial charge on any atom is -0.444 e. The van der Waals surface area contributed by atoms with E-state index in [1.807, 2.05) is 24.3 Å². The molecule has 0 saturated heterocycles. The fourth-order valence-corrected chi connectivity index (χ4v) is 2.75. The number of benzene rings is 2. The molecule has 154 valence electrons. The average Bonchev–Trinajstić information content (AvgIpc) is 2.62. The van der Waals surface area contributed by atoms with Crippen molar-refractivity contribution in [1.82, 2.24) is 5.32 Å². The van der Waals surface area contributed by atoms with Crippen LogP contribution < -0.4 is 16.0 Å². The van der Waals surface area contributed by atoms with Crippen molar-refractivity contribution in [3.63, 3.8) is 0 Å². The van der Waals surface area contributed by atoms with Gasteiger partial charge >= 0.3 is 6.09 Å². The molecule has 8 heteroatoms. The van der Waals surface area contributed by atoms with Crippen LogP contribution in [-0.4, -0.2) is 30.1 Å². The van der Waals surface area contributed by atoms with Crippen LogP contribution in [0.1, 0.15) is 26.3 Å². The third kappa shape index (κ3) is 8.35. The first-order valence-corrected chi connectivity index (χ1v) is 9.82. The second-order valence-corrected chi connectivity index (χ2v) is 8.15. The molecule has 0 aliphatic carbocycles. The summed E-state index contributed by atoms with van der Waals surface area (Å²) in [5.41, 5.74) is 1.43. The predicted molar refractivity (Wildman–Crippen MR) is 116 cm³/mol. The van der Waals surface area contributed by atoms with E-state index in [9.17, 15) is 14.4 Å². The van der Waals surface area contributed by atoms with Gasteiger partial charge in [-0.25, -0.2) is 4.79 Å². The van der Waals surface area contributed by atoms with E-state index in [2.05, 4.69) is 31.9 Å². The van der Waals surface area contributed by atoms with Gasteiger partial charge in [-0.15, -0.1) is 0 Å². The molecule has 2 aromatic rings. The molecule has 0 aliphatic rings. The number of anilines is 2. The van der Waals surface area contributed by atoms with Crippen molar-refractivity contribution in [3.8, 4) is 0 Å². The van der Waals surface area contributed by atoms with Crippen molar-refractivity contribution in [2.24, 2.45) is 0 Å². The Morgan fingerprint density at radius 3 is 2.00 bits per heavy atom. The molecule has 0 aliphatic heterocycles. The molecule has 3 amide bonds. The van der Waals surface area contributed by atoms with Crippen molar-refractivity contribution in [1.29, 1.82) is 0 Å². The zero-order valence-electron chi connectivity index (χ0n) is 16.5. The van der Waals surface area contributed by atoms with Crippen molar-refractivity contribution in [2.45, 2.75) is 32.8 Å². The first-order chi connectivity index (χ1) is 13.6. The van der Waals surface area contributed by atoms with E-state index in [0.717, 1.165) is 10.0 Å². The van der Waals surface area contributed by atoms with Gasteiger partial charge in [-0.1, -0.05) is 34.1 Å². The molecule has 0 fully saturated rings. The SMILES string of the molecule is CC(C)(C)OC(=O)NCC(=O)Nc1ccc(NC(=O)Cc2ccccc2Br)cc1. The van der Waals surface area contributed by atoms with Crippen LogP contribution in [0.2, 0.25) is 0 Å². The van der Waals surface area contributed by atoms with Crippen LogP contribution in [0.25, 0.3) is 0 Å². The number of rotatable bonds is 6. The molecule has 0 atom stereocenters. The maximum atomic E-state index is 12.2. The molecule has 2 aromatic carbocycles. The fraction of sp³-hybridized carbons (Fsp3) is 0.286. The molecule has 3 N–H and O–H groups in total. The van der Waals surface area contributed by atoms with E-state index in [1.165, 1.54) is 0 Å². The highest BCUT2D eigenvalue weighted by Crippen LogP contribution is 2.18.